The van der Waals surface area contributed by atoms with E-state index in [9.17, 15) is 18.4 Å². The highest BCUT2D eigenvalue weighted by atomic mass is 19.3. The first-order valence-corrected chi connectivity index (χ1v) is 10.5. The number of pyridine rings is 1. The van der Waals surface area contributed by atoms with Gasteiger partial charge in [-0.1, -0.05) is 24.3 Å². The lowest BCUT2D eigenvalue weighted by atomic mass is 9.94. The van der Waals surface area contributed by atoms with Gasteiger partial charge in [0.1, 0.15) is 12.1 Å². The van der Waals surface area contributed by atoms with Crippen LogP contribution < -0.4 is 14.8 Å². The van der Waals surface area contributed by atoms with Gasteiger partial charge in [0.2, 0.25) is 5.91 Å². The van der Waals surface area contributed by atoms with Gasteiger partial charge in [-0.25, -0.2) is 4.98 Å². The highest BCUT2D eigenvalue weighted by molar-refractivity contribution is 6.01. The number of alkyl halides is 2. The largest absolute Gasteiger partial charge is 0.586 e. The number of hydrogen-bond donors (Lipinski definition) is 1. The summed E-state index contributed by atoms with van der Waals surface area (Å²) in [6.45, 7) is 3.77. The molecule has 5 rings (SSSR count). The number of aromatic nitrogens is 1. The molecule has 3 aromatic rings. The second kappa shape index (κ2) is 7.37. The second-order valence-electron chi connectivity index (χ2n) is 8.42. The molecule has 2 aromatic carbocycles. The molecule has 0 unspecified atom stereocenters. The summed E-state index contributed by atoms with van der Waals surface area (Å²) in [6.07, 6.45) is -1.73. The van der Waals surface area contributed by atoms with Crippen LogP contribution in [-0.4, -0.2) is 23.5 Å². The summed E-state index contributed by atoms with van der Waals surface area (Å²) in [5, 5.41) is 2.88. The van der Waals surface area contributed by atoms with Crippen molar-refractivity contribution < 1.29 is 27.8 Å². The average Bonchev–Trinajstić information content (AvgIpc) is 3.52. The molecule has 8 heteroatoms. The molecule has 1 N–H and O–H groups in total. The molecule has 1 aliphatic carbocycles. The minimum Gasteiger partial charge on any atom is -0.395 e. The minimum absolute atomic E-state index is 0.0549. The third kappa shape index (κ3) is 3.71. The Labute approximate surface area is 188 Å². The van der Waals surface area contributed by atoms with E-state index < -0.39 is 11.7 Å². The molecule has 168 valence electrons. The normalized spacial score (nSPS) is 16.8. The molecule has 1 aliphatic heterocycles. The monoisotopic (exact) mass is 450 g/mol. The number of hydrogen-bond acceptors (Lipinski definition) is 5. The van der Waals surface area contributed by atoms with Crippen molar-refractivity contribution in [2.75, 3.05) is 5.32 Å². The van der Waals surface area contributed by atoms with Crippen molar-refractivity contribution in [3.05, 3.63) is 70.8 Å². The van der Waals surface area contributed by atoms with Crippen LogP contribution >= 0.6 is 0 Å². The van der Waals surface area contributed by atoms with Gasteiger partial charge in [0.05, 0.1) is 11.1 Å². The number of halogens is 2. The molecule has 1 fully saturated rings. The molecule has 0 saturated heterocycles. The van der Waals surface area contributed by atoms with Gasteiger partial charge in [-0.3, -0.25) is 9.59 Å². The second-order valence-corrected chi connectivity index (χ2v) is 8.42. The number of nitrogens with one attached hydrogen (secondary N) is 1. The Morgan fingerprint density at radius 1 is 1.00 bits per heavy atom. The van der Waals surface area contributed by atoms with Crippen molar-refractivity contribution >= 4 is 18.0 Å². The average molecular weight is 450 g/mol. The first-order chi connectivity index (χ1) is 15.7. The molecule has 2 heterocycles. The Hall–Kier alpha value is -3.81. The van der Waals surface area contributed by atoms with E-state index in [0.29, 0.717) is 35.5 Å². The number of ether oxygens (including phenoxy) is 2. The van der Waals surface area contributed by atoms with E-state index in [0.717, 1.165) is 23.0 Å². The van der Waals surface area contributed by atoms with Crippen LogP contribution in [0.1, 0.15) is 39.9 Å². The predicted octanol–water partition coefficient (Wildman–Crippen LogP) is 5.17. The third-order valence-electron chi connectivity index (χ3n) is 6.15. The number of nitrogens with zero attached hydrogens (tertiary/aromatic N) is 1. The van der Waals surface area contributed by atoms with Crippen LogP contribution in [0.3, 0.4) is 0 Å². The zero-order valence-electron chi connectivity index (χ0n) is 17.9. The van der Waals surface area contributed by atoms with E-state index in [-0.39, 0.29) is 17.4 Å². The number of aryl methyl sites for hydroxylation is 2. The summed E-state index contributed by atoms with van der Waals surface area (Å²) >= 11 is 0. The summed E-state index contributed by atoms with van der Waals surface area (Å²) in [5.74, 6) is -0.0127. The van der Waals surface area contributed by atoms with Crippen LogP contribution in [0.4, 0.5) is 14.6 Å². The standard InChI is InChI=1S/C25H20F2N2O4/c1-14-3-8-21(28-22(14)16-4-5-17(13-30)15(2)11-16)29-23(31)24(9-10-24)18-6-7-19-20(12-18)33-25(26,27)32-19/h3-8,11-13H,9-10H2,1-2H3,(H,28,29,31). The molecule has 1 aromatic heterocycles. The molecule has 0 radical (unpaired) electrons. The maximum absolute atomic E-state index is 13.4. The lowest BCUT2D eigenvalue weighted by molar-refractivity contribution is -0.286. The highest BCUT2D eigenvalue weighted by Crippen LogP contribution is 2.52. The maximum atomic E-state index is 13.4. The number of amides is 1. The molecule has 0 spiro atoms. The number of carbonyl (C=O) groups is 2. The molecule has 1 amide bonds. The lowest BCUT2D eigenvalue weighted by Crippen LogP contribution is -2.28. The van der Waals surface area contributed by atoms with Gasteiger partial charge in [-0.2, -0.15) is 0 Å². The Kier molecular flexibility index (Phi) is 4.70. The summed E-state index contributed by atoms with van der Waals surface area (Å²) < 4.78 is 35.7. The first kappa shape index (κ1) is 21.1. The molecule has 0 atom stereocenters. The molecular weight excluding hydrogens is 430 g/mol. The number of aldehydes is 1. The van der Waals surface area contributed by atoms with Crippen molar-refractivity contribution in [3.8, 4) is 22.8 Å². The highest BCUT2D eigenvalue weighted by Gasteiger charge is 2.53. The van der Waals surface area contributed by atoms with Gasteiger partial charge in [-0.15, -0.1) is 8.78 Å². The van der Waals surface area contributed by atoms with E-state index >= 15 is 0 Å². The SMILES string of the molecule is Cc1cc(-c2nc(NC(=O)C3(c4ccc5c(c4)OC(F)(F)O5)CC3)ccc2C)ccc1C=O. The van der Waals surface area contributed by atoms with Crippen molar-refractivity contribution in [1.29, 1.82) is 0 Å². The van der Waals surface area contributed by atoms with Crippen LogP contribution in [0.5, 0.6) is 11.5 Å². The number of carbonyl (C=O) groups excluding carboxylic acids is 2. The number of anilines is 1. The smallest absolute Gasteiger partial charge is 0.395 e. The molecular formula is C25H20F2N2O4. The predicted molar refractivity (Wildman–Crippen MR) is 117 cm³/mol. The van der Waals surface area contributed by atoms with E-state index in [1.807, 2.05) is 32.0 Å². The van der Waals surface area contributed by atoms with Gasteiger partial charge < -0.3 is 14.8 Å². The zero-order valence-corrected chi connectivity index (χ0v) is 17.9. The fourth-order valence-electron chi connectivity index (χ4n) is 4.10. The van der Waals surface area contributed by atoms with Crippen molar-refractivity contribution in [2.24, 2.45) is 0 Å². The van der Waals surface area contributed by atoms with Crippen LogP contribution in [0.15, 0.2) is 48.5 Å². The summed E-state index contributed by atoms with van der Waals surface area (Å²) in [6, 6.07) is 13.5. The molecule has 0 bridgehead atoms. The van der Waals surface area contributed by atoms with Gasteiger partial charge in [-0.05, 0) is 67.6 Å². The Morgan fingerprint density at radius 3 is 2.45 bits per heavy atom. The van der Waals surface area contributed by atoms with Gasteiger partial charge in [0, 0.05) is 11.1 Å². The van der Waals surface area contributed by atoms with E-state index in [1.54, 1.807) is 18.2 Å². The maximum Gasteiger partial charge on any atom is 0.586 e. The van der Waals surface area contributed by atoms with Crippen molar-refractivity contribution in [3.63, 3.8) is 0 Å². The Morgan fingerprint density at radius 2 is 1.76 bits per heavy atom. The first-order valence-electron chi connectivity index (χ1n) is 10.5. The van der Waals surface area contributed by atoms with Gasteiger partial charge >= 0.3 is 6.29 Å². The Balaban J connectivity index is 1.40. The third-order valence-corrected chi connectivity index (χ3v) is 6.15. The number of fused-ring (bicyclic) bond motifs is 1. The minimum atomic E-state index is -3.70. The Bertz CT molecular complexity index is 1300. The van der Waals surface area contributed by atoms with Crippen LogP contribution in [0.25, 0.3) is 11.3 Å². The fraction of sp³-hybridized carbons (Fsp3) is 0.240. The van der Waals surface area contributed by atoms with E-state index in [1.165, 1.54) is 12.1 Å². The lowest BCUT2D eigenvalue weighted by Gasteiger charge is -2.17. The van der Waals surface area contributed by atoms with Gasteiger partial charge in [0.25, 0.3) is 0 Å². The van der Waals surface area contributed by atoms with Crippen molar-refractivity contribution in [2.45, 2.75) is 38.4 Å². The topological polar surface area (TPSA) is 77.5 Å². The fourth-order valence-corrected chi connectivity index (χ4v) is 4.10. The van der Waals surface area contributed by atoms with E-state index in [4.69, 9.17) is 0 Å². The van der Waals surface area contributed by atoms with Gasteiger partial charge in [0.15, 0.2) is 11.5 Å². The molecule has 6 nitrogen and oxygen atoms in total. The van der Waals surface area contributed by atoms with Crippen molar-refractivity contribution in [1.82, 2.24) is 4.98 Å². The number of benzene rings is 2. The summed E-state index contributed by atoms with van der Waals surface area (Å²) in [4.78, 5) is 28.9. The van der Waals surface area contributed by atoms with Crippen LogP contribution in [0.2, 0.25) is 0 Å². The summed E-state index contributed by atoms with van der Waals surface area (Å²) in [7, 11) is 0. The van der Waals surface area contributed by atoms with Crippen LogP contribution in [-0.2, 0) is 10.2 Å². The molecule has 1 saturated carbocycles. The summed E-state index contributed by atoms with van der Waals surface area (Å²) in [5.41, 5.74) is 3.66. The van der Waals surface area contributed by atoms with E-state index in [2.05, 4.69) is 19.8 Å². The number of rotatable bonds is 5. The zero-order chi connectivity index (χ0) is 23.4. The molecule has 33 heavy (non-hydrogen) atoms. The molecule has 2 aliphatic rings. The van der Waals surface area contributed by atoms with Crippen LogP contribution in [0, 0.1) is 13.8 Å². The quantitative estimate of drug-likeness (QED) is 0.543.